The molecular weight excluding hydrogens is 451 g/mol. The van der Waals surface area contributed by atoms with E-state index in [0.29, 0.717) is 5.39 Å². The molecule has 1 aliphatic carbocycles. The Morgan fingerprint density at radius 2 is 1.51 bits per heavy atom. The zero-order valence-electron chi connectivity index (χ0n) is 22.9. The second-order valence-corrected chi connectivity index (χ2v) is 11.0. The molecule has 3 aromatic rings. The quantitative estimate of drug-likeness (QED) is 0.149. The molecule has 1 saturated carbocycles. The lowest BCUT2D eigenvalue weighted by molar-refractivity contribution is 0.254. The molecule has 0 unspecified atom stereocenters. The average molecular weight is 495 g/mol. The van der Waals surface area contributed by atoms with Crippen LogP contribution in [0.25, 0.3) is 10.8 Å². The molecule has 0 atom stereocenters. The monoisotopic (exact) mass is 494 g/mol. The van der Waals surface area contributed by atoms with Crippen molar-refractivity contribution in [2.75, 3.05) is 0 Å². The van der Waals surface area contributed by atoms with Crippen LogP contribution in [0.1, 0.15) is 100 Å². The van der Waals surface area contributed by atoms with Crippen molar-refractivity contribution in [3.8, 4) is 11.8 Å². The summed E-state index contributed by atoms with van der Waals surface area (Å²) in [5.41, 5.74) is 4.19. The number of hydrogen-bond acceptors (Lipinski definition) is 0. The van der Waals surface area contributed by atoms with E-state index >= 15 is 4.39 Å². The van der Waals surface area contributed by atoms with E-state index in [9.17, 15) is 0 Å². The van der Waals surface area contributed by atoms with Gasteiger partial charge in [0.25, 0.3) is 0 Å². The van der Waals surface area contributed by atoms with Crippen molar-refractivity contribution in [1.29, 1.82) is 0 Å². The lowest BCUT2D eigenvalue weighted by Crippen LogP contribution is -2.15. The van der Waals surface area contributed by atoms with E-state index in [2.05, 4.69) is 68.2 Å². The number of unbranched alkanes of at least 4 members (excludes halogenated alkanes) is 2. The Bertz CT molecular complexity index is 1210. The van der Waals surface area contributed by atoms with Crippen molar-refractivity contribution in [1.82, 2.24) is 0 Å². The highest BCUT2D eigenvalue weighted by Crippen LogP contribution is 2.34. The van der Waals surface area contributed by atoms with Gasteiger partial charge in [0.05, 0.1) is 0 Å². The molecule has 0 aromatic heterocycles. The van der Waals surface area contributed by atoms with Gasteiger partial charge in [-0.3, -0.25) is 0 Å². The Kier molecular flexibility index (Phi) is 10.4. The van der Waals surface area contributed by atoms with Gasteiger partial charge in [-0.1, -0.05) is 99.8 Å². The van der Waals surface area contributed by atoms with Crippen LogP contribution >= 0.6 is 0 Å². The first-order chi connectivity index (χ1) is 18.2. The standard InChI is InChI=1S/C36H43F/c1-3-5-7-9-28-11-15-30(16-12-28)19-20-32-22-26-35-34(27-32)25-24-33(36(35)37)23-21-31-17-13-29(14-18-31)10-8-6-4-2/h4,6,11-12,15-16,22,24-27,29,31H,3,5,7-10,13-14,17-18,21,23H2,1-2H3/b6-4+. The smallest absolute Gasteiger partial charge is 0.134 e. The Balaban J connectivity index is 1.33. The highest BCUT2D eigenvalue weighted by Gasteiger charge is 2.21. The summed E-state index contributed by atoms with van der Waals surface area (Å²) < 4.78 is 15.3. The molecule has 1 fully saturated rings. The summed E-state index contributed by atoms with van der Waals surface area (Å²) in [7, 11) is 0. The molecule has 0 bridgehead atoms. The maximum atomic E-state index is 15.3. The summed E-state index contributed by atoms with van der Waals surface area (Å²) in [6.07, 6.45) is 19.1. The van der Waals surface area contributed by atoms with E-state index in [4.69, 9.17) is 0 Å². The Labute approximate surface area is 224 Å². The lowest BCUT2D eigenvalue weighted by atomic mass is 9.78. The van der Waals surface area contributed by atoms with Crippen molar-refractivity contribution in [3.63, 3.8) is 0 Å². The number of halogens is 1. The molecule has 1 aliphatic rings. The maximum Gasteiger partial charge on any atom is 0.134 e. The fourth-order valence-electron chi connectivity index (χ4n) is 5.75. The van der Waals surface area contributed by atoms with Crippen LogP contribution in [0.5, 0.6) is 0 Å². The van der Waals surface area contributed by atoms with Crippen LogP contribution < -0.4 is 0 Å². The molecule has 0 spiro atoms. The number of benzene rings is 3. The number of allylic oxidation sites excluding steroid dienone is 2. The second kappa shape index (κ2) is 14.2. The van der Waals surface area contributed by atoms with Crippen molar-refractivity contribution in [3.05, 3.63) is 94.8 Å². The first kappa shape index (κ1) is 27.2. The van der Waals surface area contributed by atoms with Gasteiger partial charge in [-0.15, -0.1) is 0 Å². The predicted molar refractivity (Wildman–Crippen MR) is 157 cm³/mol. The third-order valence-corrected chi connectivity index (χ3v) is 8.17. The van der Waals surface area contributed by atoms with Crippen molar-refractivity contribution < 1.29 is 4.39 Å². The van der Waals surface area contributed by atoms with E-state index in [0.717, 1.165) is 53.2 Å². The van der Waals surface area contributed by atoms with E-state index in [1.54, 1.807) is 0 Å². The van der Waals surface area contributed by atoms with Crippen LogP contribution in [-0.4, -0.2) is 0 Å². The average Bonchev–Trinajstić information content (AvgIpc) is 2.93. The molecule has 0 radical (unpaired) electrons. The summed E-state index contributed by atoms with van der Waals surface area (Å²) >= 11 is 0. The predicted octanol–water partition coefficient (Wildman–Crippen LogP) is 10.2. The molecule has 0 saturated heterocycles. The molecule has 0 N–H and O–H groups in total. The number of fused-ring (bicyclic) bond motifs is 1. The van der Waals surface area contributed by atoms with Gasteiger partial charge in [-0.25, -0.2) is 4.39 Å². The van der Waals surface area contributed by atoms with E-state index in [1.807, 2.05) is 24.3 Å². The molecule has 3 aromatic carbocycles. The molecule has 194 valence electrons. The molecule has 0 amide bonds. The Morgan fingerprint density at radius 1 is 0.811 bits per heavy atom. The molecule has 37 heavy (non-hydrogen) atoms. The van der Waals surface area contributed by atoms with Gasteiger partial charge in [0, 0.05) is 16.5 Å². The number of aryl methyl sites for hydroxylation is 2. The van der Waals surface area contributed by atoms with Gasteiger partial charge in [0.2, 0.25) is 0 Å². The molecule has 0 aliphatic heterocycles. The zero-order valence-corrected chi connectivity index (χ0v) is 22.9. The fourth-order valence-corrected chi connectivity index (χ4v) is 5.75. The Hall–Kier alpha value is -2.85. The third-order valence-electron chi connectivity index (χ3n) is 8.17. The first-order valence-corrected chi connectivity index (χ1v) is 14.6. The highest BCUT2D eigenvalue weighted by molar-refractivity contribution is 5.85. The zero-order chi connectivity index (χ0) is 25.9. The van der Waals surface area contributed by atoms with Gasteiger partial charge < -0.3 is 0 Å². The summed E-state index contributed by atoms with van der Waals surface area (Å²) in [6.45, 7) is 4.34. The van der Waals surface area contributed by atoms with E-state index < -0.39 is 0 Å². The molecule has 0 nitrogen and oxygen atoms in total. The van der Waals surface area contributed by atoms with Crippen LogP contribution in [0.2, 0.25) is 0 Å². The minimum absolute atomic E-state index is 0.0456. The van der Waals surface area contributed by atoms with Gasteiger partial charge in [-0.2, -0.15) is 0 Å². The summed E-state index contributed by atoms with van der Waals surface area (Å²) in [5.74, 6) is 8.13. The SMILES string of the molecule is C/C=C/CCC1CCC(CCc2ccc3cc(C#Cc4ccc(CCCCC)cc4)ccc3c2F)CC1. The van der Waals surface area contributed by atoms with Crippen molar-refractivity contribution >= 4 is 10.8 Å². The second-order valence-electron chi connectivity index (χ2n) is 11.0. The number of rotatable bonds is 10. The van der Waals surface area contributed by atoms with Crippen molar-refractivity contribution in [2.24, 2.45) is 11.8 Å². The normalized spacial score (nSPS) is 17.7. The van der Waals surface area contributed by atoms with Crippen molar-refractivity contribution in [2.45, 2.75) is 90.9 Å². The van der Waals surface area contributed by atoms with E-state index in [-0.39, 0.29) is 5.82 Å². The minimum atomic E-state index is -0.0456. The Morgan fingerprint density at radius 3 is 2.24 bits per heavy atom. The first-order valence-electron chi connectivity index (χ1n) is 14.6. The van der Waals surface area contributed by atoms with Crippen LogP contribution in [0.15, 0.2) is 66.7 Å². The summed E-state index contributed by atoms with van der Waals surface area (Å²) in [6, 6.07) is 18.5. The highest BCUT2D eigenvalue weighted by atomic mass is 19.1. The maximum absolute atomic E-state index is 15.3. The molecule has 0 heterocycles. The van der Waals surface area contributed by atoms with Crippen LogP contribution in [0, 0.1) is 29.5 Å². The third kappa shape index (κ3) is 8.07. The molecule has 1 heteroatoms. The molecular formula is C36H43F. The summed E-state index contributed by atoms with van der Waals surface area (Å²) in [5, 5.41) is 1.65. The van der Waals surface area contributed by atoms with Gasteiger partial charge in [0.1, 0.15) is 5.82 Å². The number of hydrogen-bond donors (Lipinski definition) is 0. The largest absolute Gasteiger partial charge is 0.206 e. The van der Waals surface area contributed by atoms with Crippen LogP contribution in [0.4, 0.5) is 4.39 Å². The van der Waals surface area contributed by atoms with Crippen LogP contribution in [-0.2, 0) is 12.8 Å². The van der Waals surface area contributed by atoms with Gasteiger partial charge in [0.15, 0.2) is 0 Å². The fraction of sp³-hybridized carbons (Fsp3) is 0.444. The topological polar surface area (TPSA) is 0 Å². The minimum Gasteiger partial charge on any atom is -0.206 e. The van der Waals surface area contributed by atoms with E-state index in [1.165, 1.54) is 63.4 Å². The van der Waals surface area contributed by atoms with Gasteiger partial charge >= 0.3 is 0 Å². The summed E-state index contributed by atoms with van der Waals surface area (Å²) in [4.78, 5) is 0. The van der Waals surface area contributed by atoms with Gasteiger partial charge in [-0.05, 0) is 98.1 Å². The molecule has 4 rings (SSSR count). The van der Waals surface area contributed by atoms with Crippen LogP contribution in [0.3, 0.4) is 0 Å². The lowest BCUT2D eigenvalue weighted by Gasteiger charge is -2.28.